The van der Waals surface area contributed by atoms with Crippen molar-refractivity contribution < 1.29 is 10.2 Å². The van der Waals surface area contributed by atoms with Gasteiger partial charge in [-0.3, -0.25) is 0 Å². The zero-order valence-electron chi connectivity index (χ0n) is 13.6. The number of hydrogen-bond donors (Lipinski definition) is 2. The molecule has 0 bridgehead atoms. The van der Waals surface area contributed by atoms with Crippen LogP contribution in [0.1, 0.15) is 49.7 Å². The predicted octanol–water partition coefficient (Wildman–Crippen LogP) is 3.25. The Hall–Kier alpha value is -0.770. The molecule has 1 saturated carbocycles. The highest BCUT2D eigenvalue weighted by Gasteiger charge is 2.54. The first-order valence-corrected chi connectivity index (χ1v) is 8.16. The van der Waals surface area contributed by atoms with E-state index < -0.39 is 5.60 Å². The maximum Gasteiger partial charge on any atom is 0.115 e. The Bertz CT molecular complexity index is 534. The van der Waals surface area contributed by atoms with E-state index in [2.05, 4.69) is 25.1 Å². The lowest BCUT2D eigenvalue weighted by atomic mass is 9.53. The molecule has 0 amide bonds. The van der Waals surface area contributed by atoms with Crippen molar-refractivity contribution in [2.45, 2.75) is 56.0 Å². The molecule has 2 atom stereocenters. The lowest BCUT2D eigenvalue weighted by Crippen LogP contribution is -2.57. The normalized spacial score (nSPS) is 30.4. The number of fused-ring (bicyclic) bond motifs is 3. The second kappa shape index (κ2) is 6.38. The van der Waals surface area contributed by atoms with E-state index in [-0.39, 0.29) is 17.8 Å². The Balaban J connectivity index is 0.00000176. The smallest absolute Gasteiger partial charge is 0.115 e. The minimum Gasteiger partial charge on any atom is -0.508 e. The SMILES string of the molecule is CN(C)CC[C@@]12CCCC[C@]1(O)CCc1ccc(O)cc12.Cl. The molecule has 3 rings (SSSR count). The molecule has 1 aromatic rings. The summed E-state index contributed by atoms with van der Waals surface area (Å²) in [7, 11) is 4.18. The minimum atomic E-state index is -0.595. The fourth-order valence-corrected chi connectivity index (χ4v) is 4.54. The summed E-state index contributed by atoms with van der Waals surface area (Å²) in [5.74, 6) is 0.327. The first kappa shape index (κ1) is 17.6. The van der Waals surface area contributed by atoms with Crippen LogP contribution in [0.3, 0.4) is 0 Å². The van der Waals surface area contributed by atoms with Crippen LogP contribution in [0.25, 0.3) is 0 Å². The largest absolute Gasteiger partial charge is 0.508 e. The molecule has 0 aromatic heterocycles. The highest BCUT2D eigenvalue weighted by atomic mass is 35.5. The average Bonchev–Trinajstić information content (AvgIpc) is 2.45. The molecule has 0 unspecified atom stereocenters. The van der Waals surface area contributed by atoms with E-state index in [4.69, 9.17) is 0 Å². The van der Waals surface area contributed by atoms with Gasteiger partial charge in [-0.05, 0) is 76.0 Å². The molecular formula is C18H28ClNO2. The summed E-state index contributed by atoms with van der Waals surface area (Å²) >= 11 is 0. The third kappa shape index (κ3) is 2.75. The molecule has 4 heteroatoms. The Morgan fingerprint density at radius 1 is 1.14 bits per heavy atom. The quantitative estimate of drug-likeness (QED) is 0.896. The number of rotatable bonds is 3. The van der Waals surface area contributed by atoms with Crippen molar-refractivity contribution in [3.63, 3.8) is 0 Å². The maximum atomic E-state index is 11.4. The summed E-state index contributed by atoms with van der Waals surface area (Å²) in [6.07, 6.45) is 6.98. The van der Waals surface area contributed by atoms with Gasteiger partial charge in [0, 0.05) is 5.41 Å². The van der Waals surface area contributed by atoms with Crippen LogP contribution in [0.4, 0.5) is 0 Å². The number of hydrogen-bond acceptors (Lipinski definition) is 3. The summed E-state index contributed by atoms with van der Waals surface area (Å²) in [5.41, 5.74) is 1.75. The summed E-state index contributed by atoms with van der Waals surface area (Å²) in [5, 5.41) is 21.4. The summed E-state index contributed by atoms with van der Waals surface area (Å²) in [4.78, 5) is 2.20. The third-order valence-electron chi connectivity index (χ3n) is 5.74. The van der Waals surface area contributed by atoms with Gasteiger partial charge in [0.25, 0.3) is 0 Å². The van der Waals surface area contributed by atoms with Crippen LogP contribution in [0.5, 0.6) is 5.75 Å². The molecule has 0 aliphatic heterocycles. The van der Waals surface area contributed by atoms with Gasteiger partial charge in [-0.15, -0.1) is 12.4 Å². The Morgan fingerprint density at radius 3 is 2.59 bits per heavy atom. The summed E-state index contributed by atoms with van der Waals surface area (Å²) in [6.45, 7) is 0.970. The van der Waals surface area contributed by atoms with Crippen molar-refractivity contribution in [3.8, 4) is 5.75 Å². The van der Waals surface area contributed by atoms with Crippen molar-refractivity contribution in [2.75, 3.05) is 20.6 Å². The van der Waals surface area contributed by atoms with Gasteiger partial charge in [-0.25, -0.2) is 0 Å². The first-order valence-electron chi connectivity index (χ1n) is 8.16. The van der Waals surface area contributed by atoms with Gasteiger partial charge in [0.05, 0.1) is 5.60 Å². The zero-order chi connectivity index (χ0) is 15.1. The number of phenols is 1. The molecule has 0 spiro atoms. The molecule has 2 aliphatic carbocycles. The number of halogens is 1. The molecule has 3 nitrogen and oxygen atoms in total. The lowest BCUT2D eigenvalue weighted by molar-refractivity contribution is -0.0887. The molecule has 124 valence electrons. The van der Waals surface area contributed by atoms with E-state index in [0.717, 1.165) is 45.1 Å². The van der Waals surface area contributed by atoms with Gasteiger partial charge in [0.2, 0.25) is 0 Å². The van der Waals surface area contributed by atoms with E-state index in [1.807, 2.05) is 6.07 Å². The number of phenolic OH excluding ortho intramolecular Hbond substituents is 1. The number of nitrogens with zero attached hydrogens (tertiary/aromatic N) is 1. The Kier molecular flexibility index (Phi) is 5.10. The second-order valence-corrected chi connectivity index (χ2v) is 7.22. The number of aryl methyl sites for hydroxylation is 1. The minimum absolute atomic E-state index is 0. The van der Waals surface area contributed by atoms with Gasteiger partial charge in [-0.2, -0.15) is 0 Å². The molecule has 0 saturated heterocycles. The average molecular weight is 326 g/mol. The molecule has 2 aliphatic rings. The number of aliphatic hydroxyl groups is 1. The zero-order valence-corrected chi connectivity index (χ0v) is 14.5. The van der Waals surface area contributed by atoms with Crippen molar-refractivity contribution >= 4 is 12.4 Å². The second-order valence-electron chi connectivity index (χ2n) is 7.22. The standard InChI is InChI=1S/C18H27NO2.ClH/c1-19(2)12-11-17-8-3-4-9-18(17,21)10-7-14-5-6-15(20)13-16(14)17;/h5-6,13,20-21H,3-4,7-12H2,1-2H3;1H/t17-,18+;/m1./s1. The van der Waals surface area contributed by atoms with Crippen LogP contribution < -0.4 is 0 Å². The van der Waals surface area contributed by atoms with Crippen molar-refractivity contribution in [3.05, 3.63) is 29.3 Å². The molecular weight excluding hydrogens is 298 g/mol. The van der Waals surface area contributed by atoms with Gasteiger partial charge >= 0.3 is 0 Å². The van der Waals surface area contributed by atoms with Crippen LogP contribution >= 0.6 is 12.4 Å². The van der Waals surface area contributed by atoms with E-state index in [9.17, 15) is 10.2 Å². The Morgan fingerprint density at radius 2 is 1.86 bits per heavy atom. The molecule has 1 fully saturated rings. The highest BCUT2D eigenvalue weighted by molar-refractivity contribution is 5.85. The number of benzene rings is 1. The van der Waals surface area contributed by atoms with Crippen LogP contribution in [-0.4, -0.2) is 41.4 Å². The van der Waals surface area contributed by atoms with Gasteiger partial charge < -0.3 is 15.1 Å². The van der Waals surface area contributed by atoms with Crippen molar-refractivity contribution in [1.82, 2.24) is 4.90 Å². The van der Waals surface area contributed by atoms with Crippen LogP contribution in [0, 0.1) is 0 Å². The summed E-state index contributed by atoms with van der Waals surface area (Å²) < 4.78 is 0. The van der Waals surface area contributed by atoms with Crippen LogP contribution in [-0.2, 0) is 11.8 Å². The topological polar surface area (TPSA) is 43.7 Å². The molecule has 2 N–H and O–H groups in total. The van der Waals surface area contributed by atoms with Gasteiger partial charge in [0.15, 0.2) is 0 Å². The molecule has 0 heterocycles. The van der Waals surface area contributed by atoms with E-state index >= 15 is 0 Å². The maximum absolute atomic E-state index is 11.4. The van der Waals surface area contributed by atoms with Crippen molar-refractivity contribution in [1.29, 1.82) is 0 Å². The third-order valence-corrected chi connectivity index (χ3v) is 5.74. The fraction of sp³-hybridized carbons (Fsp3) is 0.667. The van der Waals surface area contributed by atoms with E-state index in [1.165, 1.54) is 17.5 Å². The van der Waals surface area contributed by atoms with Crippen LogP contribution in [0.15, 0.2) is 18.2 Å². The van der Waals surface area contributed by atoms with Gasteiger partial charge in [-0.1, -0.05) is 18.9 Å². The van der Waals surface area contributed by atoms with Gasteiger partial charge in [0.1, 0.15) is 5.75 Å². The lowest BCUT2D eigenvalue weighted by Gasteiger charge is -2.55. The molecule has 0 radical (unpaired) electrons. The van der Waals surface area contributed by atoms with E-state index in [0.29, 0.717) is 5.75 Å². The summed E-state index contributed by atoms with van der Waals surface area (Å²) in [6, 6.07) is 5.75. The number of aromatic hydroxyl groups is 1. The van der Waals surface area contributed by atoms with Crippen LogP contribution in [0.2, 0.25) is 0 Å². The predicted molar refractivity (Wildman–Crippen MR) is 91.9 cm³/mol. The molecule has 22 heavy (non-hydrogen) atoms. The fourth-order valence-electron chi connectivity index (χ4n) is 4.54. The van der Waals surface area contributed by atoms with Crippen molar-refractivity contribution in [2.24, 2.45) is 0 Å². The molecule has 1 aromatic carbocycles. The highest BCUT2D eigenvalue weighted by Crippen LogP contribution is 2.55. The Labute approximate surface area is 139 Å². The van der Waals surface area contributed by atoms with E-state index in [1.54, 1.807) is 6.07 Å². The first-order chi connectivity index (χ1) is 9.97. The monoisotopic (exact) mass is 325 g/mol.